The predicted molar refractivity (Wildman–Crippen MR) is 108 cm³/mol. The van der Waals surface area contributed by atoms with Gasteiger partial charge in [-0.05, 0) is 49.1 Å². The molecular formula is C22H30N2O3. The summed E-state index contributed by atoms with van der Waals surface area (Å²) < 4.78 is 5.16. The summed E-state index contributed by atoms with van der Waals surface area (Å²) in [6.45, 7) is 6.72. The van der Waals surface area contributed by atoms with Crippen molar-refractivity contribution in [2.45, 2.75) is 19.3 Å². The third-order valence-electron chi connectivity index (χ3n) is 5.29. The molecule has 0 atom stereocenters. The van der Waals surface area contributed by atoms with Gasteiger partial charge in [0.15, 0.2) is 5.75 Å². The van der Waals surface area contributed by atoms with Crippen LogP contribution in [0.3, 0.4) is 0 Å². The first-order valence-corrected chi connectivity index (χ1v) is 9.75. The van der Waals surface area contributed by atoms with Crippen LogP contribution in [-0.4, -0.2) is 61.4 Å². The highest BCUT2D eigenvalue weighted by molar-refractivity contribution is 5.42. The molecule has 2 aromatic carbocycles. The van der Waals surface area contributed by atoms with Gasteiger partial charge in [0.25, 0.3) is 0 Å². The van der Waals surface area contributed by atoms with E-state index in [0.717, 1.165) is 51.1 Å². The maximum atomic E-state index is 8.97. The van der Waals surface area contributed by atoms with Crippen LogP contribution in [0.2, 0.25) is 0 Å². The number of aryl methyl sites for hydroxylation is 1. The number of nitrogens with zero attached hydrogens (tertiary/aromatic N) is 2. The van der Waals surface area contributed by atoms with Crippen LogP contribution in [0.5, 0.6) is 11.5 Å². The molecule has 2 aromatic rings. The Kier molecular flexibility index (Phi) is 7.51. The van der Waals surface area contributed by atoms with Crippen molar-refractivity contribution in [1.82, 2.24) is 9.80 Å². The highest BCUT2D eigenvalue weighted by atomic mass is 17.1. The molecule has 1 fully saturated rings. The Balaban J connectivity index is 1.36. The van der Waals surface area contributed by atoms with Crippen molar-refractivity contribution in [3.63, 3.8) is 0 Å². The minimum atomic E-state index is 0.373. The number of benzene rings is 2. The van der Waals surface area contributed by atoms with E-state index in [0.29, 0.717) is 11.5 Å². The lowest BCUT2D eigenvalue weighted by atomic mass is 10.1. The quantitative estimate of drug-likeness (QED) is 0.542. The molecule has 1 heterocycles. The van der Waals surface area contributed by atoms with E-state index in [1.807, 2.05) is 18.2 Å². The average molecular weight is 370 g/mol. The molecule has 146 valence electrons. The molecule has 1 N–H and O–H groups in total. The molecular weight excluding hydrogens is 340 g/mol. The molecule has 0 radical (unpaired) electrons. The maximum Gasteiger partial charge on any atom is 0.207 e. The van der Waals surface area contributed by atoms with Crippen molar-refractivity contribution in [1.29, 1.82) is 0 Å². The zero-order valence-corrected chi connectivity index (χ0v) is 16.1. The second-order valence-electron chi connectivity index (χ2n) is 7.10. The molecule has 0 unspecified atom stereocenters. The van der Waals surface area contributed by atoms with E-state index >= 15 is 0 Å². The normalized spacial score (nSPS) is 15.6. The Hall–Kier alpha value is -2.08. The summed E-state index contributed by atoms with van der Waals surface area (Å²) in [4.78, 5) is 9.49. The van der Waals surface area contributed by atoms with Gasteiger partial charge >= 0.3 is 0 Å². The van der Waals surface area contributed by atoms with Gasteiger partial charge in [0, 0.05) is 32.7 Å². The number of rotatable bonds is 9. The molecule has 0 aromatic heterocycles. The van der Waals surface area contributed by atoms with Crippen molar-refractivity contribution >= 4 is 0 Å². The molecule has 1 aliphatic rings. The summed E-state index contributed by atoms with van der Waals surface area (Å²) in [6, 6.07) is 16.4. The van der Waals surface area contributed by atoms with Crippen molar-refractivity contribution in [2.75, 3.05) is 46.4 Å². The smallest absolute Gasteiger partial charge is 0.207 e. The van der Waals surface area contributed by atoms with E-state index in [4.69, 9.17) is 9.99 Å². The molecule has 1 saturated heterocycles. The summed E-state index contributed by atoms with van der Waals surface area (Å²) >= 11 is 0. The molecule has 1 aliphatic heterocycles. The van der Waals surface area contributed by atoms with Crippen LogP contribution >= 0.6 is 0 Å². The first-order chi connectivity index (χ1) is 13.3. The Labute approximate surface area is 162 Å². The van der Waals surface area contributed by atoms with Crippen molar-refractivity contribution < 1.29 is 14.9 Å². The summed E-state index contributed by atoms with van der Waals surface area (Å²) in [6.07, 6.45) is 3.32. The summed E-state index contributed by atoms with van der Waals surface area (Å²) in [5, 5.41) is 8.97. The Morgan fingerprint density at radius 3 is 2.19 bits per heavy atom. The van der Waals surface area contributed by atoms with Crippen LogP contribution in [0.15, 0.2) is 48.5 Å². The fourth-order valence-corrected chi connectivity index (χ4v) is 3.62. The molecule has 0 aliphatic carbocycles. The van der Waals surface area contributed by atoms with Gasteiger partial charge in [-0.1, -0.05) is 36.4 Å². The van der Waals surface area contributed by atoms with E-state index in [1.165, 1.54) is 18.5 Å². The van der Waals surface area contributed by atoms with Gasteiger partial charge in [-0.15, -0.1) is 0 Å². The van der Waals surface area contributed by atoms with Crippen molar-refractivity contribution in [2.24, 2.45) is 0 Å². The van der Waals surface area contributed by atoms with Crippen LogP contribution in [-0.2, 0) is 12.8 Å². The maximum absolute atomic E-state index is 8.97. The highest BCUT2D eigenvalue weighted by Crippen LogP contribution is 2.27. The number of piperazine rings is 1. The largest absolute Gasteiger partial charge is 0.493 e. The van der Waals surface area contributed by atoms with Gasteiger partial charge in [-0.2, -0.15) is 0 Å². The third-order valence-corrected chi connectivity index (χ3v) is 5.29. The number of ether oxygens (including phenoxy) is 1. The lowest BCUT2D eigenvalue weighted by Gasteiger charge is -2.34. The second-order valence-corrected chi connectivity index (χ2v) is 7.10. The topological polar surface area (TPSA) is 45.2 Å². The van der Waals surface area contributed by atoms with Gasteiger partial charge in [-0.25, -0.2) is 5.26 Å². The Morgan fingerprint density at radius 2 is 1.52 bits per heavy atom. The van der Waals surface area contributed by atoms with E-state index in [-0.39, 0.29) is 0 Å². The molecule has 5 nitrogen and oxygen atoms in total. The number of hydrogen-bond donors (Lipinski definition) is 1. The van der Waals surface area contributed by atoms with Crippen LogP contribution in [0.1, 0.15) is 17.5 Å². The fraction of sp³-hybridized carbons (Fsp3) is 0.455. The van der Waals surface area contributed by atoms with Gasteiger partial charge < -0.3 is 19.4 Å². The van der Waals surface area contributed by atoms with E-state index < -0.39 is 0 Å². The standard InChI is InChI=1S/C22H30N2O3/c1-26-21-10-9-20(18-22(21)27-25)11-13-24-16-14-23(15-17-24)12-5-8-19-6-3-2-4-7-19/h2-4,6-7,9-10,18,25H,5,8,11-17H2,1H3. The van der Waals surface area contributed by atoms with E-state index in [2.05, 4.69) is 45.0 Å². The van der Waals surface area contributed by atoms with Gasteiger partial charge in [0.05, 0.1) is 7.11 Å². The van der Waals surface area contributed by atoms with Crippen LogP contribution in [0.25, 0.3) is 0 Å². The Bertz CT molecular complexity index is 685. The second kappa shape index (κ2) is 10.3. The van der Waals surface area contributed by atoms with Crippen LogP contribution < -0.4 is 9.62 Å². The zero-order valence-electron chi connectivity index (χ0n) is 16.1. The molecule has 0 spiro atoms. The summed E-state index contributed by atoms with van der Waals surface area (Å²) in [7, 11) is 1.57. The van der Waals surface area contributed by atoms with Crippen LogP contribution in [0.4, 0.5) is 0 Å². The lowest BCUT2D eigenvalue weighted by molar-refractivity contribution is -0.139. The highest BCUT2D eigenvalue weighted by Gasteiger charge is 2.16. The monoisotopic (exact) mass is 370 g/mol. The minimum Gasteiger partial charge on any atom is -0.493 e. The molecule has 27 heavy (non-hydrogen) atoms. The van der Waals surface area contributed by atoms with Gasteiger partial charge in [0.1, 0.15) is 0 Å². The molecule has 0 bridgehead atoms. The zero-order chi connectivity index (χ0) is 18.9. The van der Waals surface area contributed by atoms with Gasteiger partial charge in [0.2, 0.25) is 5.75 Å². The molecule has 3 rings (SSSR count). The average Bonchev–Trinajstić information content (AvgIpc) is 2.73. The van der Waals surface area contributed by atoms with E-state index in [1.54, 1.807) is 7.11 Å². The minimum absolute atomic E-state index is 0.373. The molecule has 5 heteroatoms. The SMILES string of the molecule is COc1ccc(CCN2CCN(CCCc3ccccc3)CC2)cc1OO. The van der Waals surface area contributed by atoms with Gasteiger partial charge in [-0.3, -0.25) is 0 Å². The van der Waals surface area contributed by atoms with Crippen molar-refractivity contribution in [3.8, 4) is 11.5 Å². The first-order valence-electron chi connectivity index (χ1n) is 9.75. The van der Waals surface area contributed by atoms with Crippen molar-refractivity contribution in [3.05, 3.63) is 59.7 Å². The lowest BCUT2D eigenvalue weighted by Crippen LogP contribution is -2.47. The number of methoxy groups -OCH3 is 1. The summed E-state index contributed by atoms with van der Waals surface area (Å²) in [5.74, 6) is 0.920. The first kappa shape index (κ1) is 19.7. The predicted octanol–water partition coefficient (Wildman–Crippen LogP) is 3.34. The Morgan fingerprint density at radius 1 is 0.815 bits per heavy atom. The summed E-state index contributed by atoms with van der Waals surface area (Å²) in [5.41, 5.74) is 2.58. The van der Waals surface area contributed by atoms with E-state index in [9.17, 15) is 0 Å². The molecule has 0 saturated carbocycles. The molecule has 0 amide bonds. The van der Waals surface area contributed by atoms with Crippen LogP contribution in [0, 0.1) is 0 Å². The third kappa shape index (κ3) is 5.96. The number of hydrogen-bond acceptors (Lipinski definition) is 5. The fourth-order valence-electron chi connectivity index (χ4n) is 3.62.